The summed E-state index contributed by atoms with van der Waals surface area (Å²) in [6.45, 7) is 2.93. The van der Waals surface area contributed by atoms with Crippen LogP contribution in [-0.4, -0.2) is 38.5 Å². The van der Waals surface area contributed by atoms with E-state index in [4.69, 9.17) is 14.9 Å². The maximum absolute atomic E-state index is 12.5. The first-order valence-electron chi connectivity index (χ1n) is 6.25. The molecule has 2 N–H and O–H groups in total. The van der Waals surface area contributed by atoms with Gasteiger partial charge in [-0.15, -0.1) is 0 Å². The van der Waals surface area contributed by atoms with Crippen LogP contribution in [0.5, 0.6) is 0 Å². The van der Waals surface area contributed by atoms with Crippen molar-refractivity contribution in [3.63, 3.8) is 0 Å². The predicted molar refractivity (Wildman–Crippen MR) is 70.0 cm³/mol. The Bertz CT molecular complexity index is 540. The van der Waals surface area contributed by atoms with Crippen LogP contribution in [0.25, 0.3) is 0 Å². The van der Waals surface area contributed by atoms with Gasteiger partial charge in [-0.3, -0.25) is 0 Å². The fraction of sp³-hybridized carbons (Fsp3) is 0.667. The van der Waals surface area contributed by atoms with Crippen molar-refractivity contribution in [1.29, 1.82) is 0 Å². The van der Waals surface area contributed by atoms with Gasteiger partial charge in [-0.1, -0.05) is 0 Å². The van der Waals surface area contributed by atoms with Gasteiger partial charge in [-0.2, -0.15) is 4.31 Å². The molecule has 1 aromatic rings. The van der Waals surface area contributed by atoms with E-state index in [0.717, 1.165) is 12.8 Å². The first-order chi connectivity index (χ1) is 8.91. The summed E-state index contributed by atoms with van der Waals surface area (Å²) in [4.78, 5) is 0. The number of nitrogens with two attached hydrogens (primary N) is 1. The van der Waals surface area contributed by atoms with Gasteiger partial charge in [0.2, 0.25) is 5.09 Å². The molecule has 0 saturated carbocycles. The summed E-state index contributed by atoms with van der Waals surface area (Å²) in [6.07, 6.45) is 1.62. The minimum Gasteiger partial charge on any atom is -0.447 e. The number of piperidine rings is 1. The summed E-state index contributed by atoms with van der Waals surface area (Å²) in [6, 6.07) is 3.04. The van der Waals surface area contributed by atoms with Crippen LogP contribution in [-0.2, 0) is 21.3 Å². The maximum atomic E-state index is 12.5. The lowest BCUT2D eigenvalue weighted by atomic mass is 9.96. The zero-order valence-electron chi connectivity index (χ0n) is 11.3. The van der Waals surface area contributed by atoms with Crippen LogP contribution in [0.15, 0.2) is 21.6 Å². The Kier molecular flexibility index (Phi) is 4.00. The highest BCUT2D eigenvalue weighted by atomic mass is 32.2. The Morgan fingerprint density at radius 2 is 2.26 bits per heavy atom. The van der Waals surface area contributed by atoms with Crippen LogP contribution in [0.4, 0.5) is 0 Å². The van der Waals surface area contributed by atoms with E-state index in [-0.39, 0.29) is 11.6 Å². The largest absolute Gasteiger partial charge is 0.447 e. The van der Waals surface area contributed by atoms with Crippen LogP contribution in [0, 0.1) is 0 Å². The minimum atomic E-state index is -3.60. The molecule has 1 aliphatic rings. The normalized spacial score (nSPS) is 25.6. The van der Waals surface area contributed by atoms with Crippen molar-refractivity contribution in [3.05, 3.63) is 17.9 Å². The molecule has 2 rings (SSSR count). The molecule has 0 spiro atoms. The van der Waals surface area contributed by atoms with Crippen LogP contribution >= 0.6 is 0 Å². The quantitative estimate of drug-likeness (QED) is 0.890. The summed E-state index contributed by atoms with van der Waals surface area (Å²) in [5.41, 5.74) is 4.99. The van der Waals surface area contributed by atoms with Crippen LogP contribution in [0.3, 0.4) is 0 Å². The van der Waals surface area contributed by atoms with Gasteiger partial charge in [0.25, 0.3) is 10.0 Å². The number of furan rings is 1. The van der Waals surface area contributed by atoms with Gasteiger partial charge in [0.1, 0.15) is 5.76 Å². The van der Waals surface area contributed by atoms with Crippen molar-refractivity contribution >= 4 is 10.0 Å². The lowest BCUT2D eigenvalue weighted by molar-refractivity contribution is -0.0321. The summed E-state index contributed by atoms with van der Waals surface area (Å²) in [5, 5.41) is -0.0479. The Hall–Kier alpha value is -0.890. The van der Waals surface area contributed by atoms with E-state index in [2.05, 4.69) is 0 Å². The van der Waals surface area contributed by atoms with Crippen molar-refractivity contribution in [3.8, 4) is 0 Å². The third-order valence-corrected chi connectivity index (χ3v) is 5.27. The van der Waals surface area contributed by atoms with E-state index in [1.807, 2.05) is 6.92 Å². The number of methoxy groups -OCH3 is 1. The number of hydrogen-bond acceptors (Lipinski definition) is 5. The average molecular weight is 288 g/mol. The minimum absolute atomic E-state index is 0.0479. The standard InChI is InChI=1S/C12H20N2O4S/c1-12(17-2)6-3-7-14(9-12)19(15,16)11-5-4-10(8-13)18-11/h4-5H,3,6-9,13H2,1-2H3. The smallest absolute Gasteiger partial charge is 0.276 e. The first kappa shape index (κ1) is 14.5. The molecule has 7 heteroatoms. The molecular formula is C12H20N2O4S. The van der Waals surface area contributed by atoms with E-state index < -0.39 is 15.6 Å². The molecule has 0 bridgehead atoms. The fourth-order valence-corrected chi connectivity index (χ4v) is 3.79. The maximum Gasteiger partial charge on any atom is 0.276 e. The Morgan fingerprint density at radius 1 is 1.53 bits per heavy atom. The molecule has 19 heavy (non-hydrogen) atoms. The molecule has 0 radical (unpaired) electrons. The topological polar surface area (TPSA) is 85.8 Å². The molecule has 1 saturated heterocycles. The monoisotopic (exact) mass is 288 g/mol. The Balaban J connectivity index is 2.24. The summed E-state index contributed by atoms with van der Waals surface area (Å²) >= 11 is 0. The fourth-order valence-electron chi connectivity index (χ4n) is 2.27. The van der Waals surface area contributed by atoms with Gasteiger partial charge in [-0.25, -0.2) is 8.42 Å². The van der Waals surface area contributed by atoms with Crippen molar-refractivity contribution in [2.24, 2.45) is 5.73 Å². The summed E-state index contributed by atoms with van der Waals surface area (Å²) in [7, 11) is -1.99. The van der Waals surface area contributed by atoms with Crippen molar-refractivity contribution < 1.29 is 17.6 Å². The zero-order chi connectivity index (χ0) is 14.1. The molecule has 2 heterocycles. The Labute approximate surface area is 113 Å². The third kappa shape index (κ3) is 2.84. The molecule has 1 fully saturated rings. The van der Waals surface area contributed by atoms with E-state index in [1.54, 1.807) is 13.2 Å². The second-order valence-electron chi connectivity index (χ2n) is 5.02. The second-order valence-corrected chi connectivity index (χ2v) is 6.89. The molecule has 6 nitrogen and oxygen atoms in total. The van der Waals surface area contributed by atoms with E-state index in [0.29, 0.717) is 18.8 Å². The van der Waals surface area contributed by atoms with E-state index in [9.17, 15) is 8.42 Å². The average Bonchev–Trinajstić information content (AvgIpc) is 2.88. The Morgan fingerprint density at radius 3 is 2.84 bits per heavy atom. The zero-order valence-corrected chi connectivity index (χ0v) is 12.1. The predicted octanol–water partition coefficient (Wildman–Crippen LogP) is 0.928. The number of nitrogens with zero attached hydrogens (tertiary/aromatic N) is 1. The van der Waals surface area contributed by atoms with Crippen molar-refractivity contribution in [1.82, 2.24) is 4.31 Å². The lowest BCUT2D eigenvalue weighted by Gasteiger charge is -2.38. The van der Waals surface area contributed by atoms with Gasteiger partial charge < -0.3 is 14.9 Å². The molecule has 1 atom stereocenters. The molecule has 1 aromatic heterocycles. The van der Waals surface area contributed by atoms with Crippen molar-refractivity contribution in [2.45, 2.75) is 37.0 Å². The molecule has 0 amide bonds. The van der Waals surface area contributed by atoms with Gasteiger partial charge >= 0.3 is 0 Å². The van der Waals surface area contributed by atoms with Crippen molar-refractivity contribution in [2.75, 3.05) is 20.2 Å². The van der Waals surface area contributed by atoms with E-state index >= 15 is 0 Å². The molecule has 0 aliphatic carbocycles. The highest BCUT2D eigenvalue weighted by Gasteiger charge is 2.38. The number of sulfonamides is 1. The SMILES string of the molecule is COC1(C)CCCN(S(=O)(=O)c2ccc(CN)o2)C1. The third-order valence-electron chi connectivity index (χ3n) is 3.55. The van der Waals surface area contributed by atoms with Gasteiger partial charge in [0, 0.05) is 20.2 Å². The van der Waals surface area contributed by atoms with Gasteiger partial charge in [0.05, 0.1) is 12.1 Å². The molecule has 108 valence electrons. The number of hydrogen-bond donors (Lipinski definition) is 1. The molecule has 0 aromatic carbocycles. The van der Waals surface area contributed by atoms with Crippen LogP contribution in [0.2, 0.25) is 0 Å². The molecular weight excluding hydrogens is 268 g/mol. The van der Waals surface area contributed by atoms with Crippen LogP contribution in [0.1, 0.15) is 25.5 Å². The van der Waals surface area contributed by atoms with Gasteiger partial charge in [-0.05, 0) is 31.9 Å². The summed E-state index contributed by atoms with van der Waals surface area (Å²) < 4.78 is 37.0. The van der Waals surface area contributed by atoms with E-state index in [1.165, 1.54) is 10.4 Å². The molecule has 1 aliphatic heterocycles. The highest BCUT2D eigenvalue weighted by Crippen LogP contribution is 2.28. The van der Waals surface area contributed by atoms with Gasteiger partial charge in [0.15, 0.2) is 0 Å². The number of ether oxygens (including phenoxy) is 1. The second kappa shape index (κ2) is 5.24. The lowest BCUT2D eigenvalue weighted by Crippen LogP contribution is -2.49. The summed E-state index contributed by atoms with van der Waals surface area (Å²) in [5.74, 6) is 0.463. The van der Waals surface area contributed by atoms with Crippen LogP contribution < -0.4 is 5.73 Å². The highest BCUT2D eigenvalue weighted by molar-refractivity contribution is 7.89. The number of rotatable bonds is 4. The first-order valence-corrected chi connectivity index (χ1v) is 7.69. The molecule has 1 unspecified atom stereocenters.